The molecule has 2 N–H and O–H groups in total. The van der Waals surface area contributed by atoms with Crippen LogP contribution in [0, 0.1) is 11.3 Å². The van der Waals surface area contributed by atoms with E-state index in [-0.39, 0.29) is 22.6 Å². The van der Waals surface area contributed by atoms with Gasteiger partial charge in [0.25, 0.3) is 0 Å². The van der Waals surface area contributed by atoms with Crippen molar-refractivity contribution in [1.29, 1.82) is 5.26 Å². The molecule has 18 heavy (non-hydrogen) atoms. The third-order valence-corrected chi connectivity index (χ3v) is 2.95. The van der Waals surface area contributed by atoms with Crippen molar-refractivity contribution in [3.63, 3.8) is 0 Å². The van der Waals surface area contributed by atoms with Crippen LogP contribution < -0.4 is 5.73 Å². The Hall–Kier alpha value is -2.55. The van der Waals surface area contributed by atoms with Crippen LogP contribution in [0.15, 0.2) is 34.8 Å². The molecule has 2 rings (SSSR count). The van der Waals surface area contributed by atoms with Gasteiger partial charge >= 0.3 is 5.97 Å². The molecule has 0 bridgehead atoms. The van der Waals surface area contributed by atoms with E-state index in [9.17, 15) is 9.59 Å². The fourth-order valence-corrected chi connectivity index (χ4v) is 2.05. The minimum atomic E-state index is -1.24. The van der Waals surface area contributed by atoms with Crippen LogP contribution in [-0.4, -0.2) is 24.5 Å². The van der Waals surface area contributed by atoms with E-state index >= 15 is 0 Å². The molecule has 0 fully saturated rings. The highest BCUT2D eigenvalue weighted by atomic mass is 16.5. The van der Waals surface area contributed by atoms with Crippen molar-refractivity contribution in [3.8, 4) is 6.07 Å². The van der Waals surface area contributed by atoms with E-state index in [4.69, 9.17) is 15.7 Å². The summed E-state index contributed by atoms with van der Waals surface area (Å²) in [6, 6.07) is 1.87. The Bertz CT molecular complexity index is 592. The van der Waals surface area contributed by atoms with Gasteiger partial charge in [0, 0.05) is 11.6 Å². The van der Waals surface area contributed by atoms with E-state index < -0.39 is 17.4 Å². The number of ether oxygens (including phenoxy) is 2. The number of carbonyl (C=O) groups is 2. The van der Waals surface area contributed by atoms with E-state index in [2.05, 4.69) is 4.74 Å². The van der Waals surface area contributed by atoms with Crippen LogP contribution in [0.1, 0.15) is 6.92 Å². The first-order valence-corrected chi connectivity index (χ1v) is 5.10. The zero-order valence-electron chi connectivity index (χ0n) is 9.81. The van der Waals surface area contributed by atoms with Crippen LogP contribution in [0.3, 0.4) is 0 Å². The van der Waals surface area contributed by atoms with Gasteiger partial charge in [-0.25, -0.2) is 4.79 Å². The van der Waals surface area contributed by atoms with Crippen LogP contribution in [0.2, 0.25) is 0 Å². The summed E-state index contributed by atoms with van der Waals surface area (Å²) in [6.07, 6.45) is 2.37. The number of hydrogen-bond donors (Lipinski definition) is 1. The summed E-state index contributed by atoms with van der Waals surface area (Å²) in [4.78, 5) is 23.2. The maximum atomic E-state index is 11.7. The second-order valence-electron chi connectivity index (χ2n) is 4.00. The van der Waals surface area contributed by atoms with Crippen molar-refractivity contribution >= 4 is 11.8 Å². The van der Waals surface area contributed by atoms with Crippen LogP contribution in [0.25, 0.3) is 0 Å². The molecule has 0 aromatic heterocycles. The molecule has 92 valence electrons. The Balaban J connectivity index is 2.59. The number of allylic oxidation sites excluding steroid dienone is 2. The third-order valence-electron chi connectivity index (χ3n) is 2.95. The number of fused-ring (bicyclic) bond motifs is 1. The molecule has 0 aromatic rings. The number of hydrogen-bond acceptors (Lipinski definition) is 6. The molecular formula is C12H10N2O4. The Kier molecular flexibility index (Phi) is 2.47. The molecule has 1 aliphatic heterocycles. The maximum Gasteiger partial charge on any atom is 0.338 e. The summed E-state index contributed by atoms with van der Waals surface area (Å²) < 4.78 is 9.99. The normalized spacial score (nSPS) is 25.7. The molecule has 0 saturated carbocycles. The summed E-state index contributed by atoms with van der Waals surface area (Å²) in [5, 5.41) is 9.00. The number of nitriles is 1. The predicted octanol–water partition coefficient (Wildman–Crippen LogP) is 0.0777. The minimum absolute atomic E-state index is 0.0284. The van der Waals surface area contributed by atoms with Crippen molar-refractivity contribution < 1.29 is 19.1 Å². The standard InChI is InChI=1S/C12H10N2O4/c1-12-8(7(5-13)10(14)18-12)3-6(15)4-9(12)11(16)17-2/h3-4H,14H2,1-2H3. The molecule has 1 heterocycles. The molecule has 1 aliphatic carbocycles. The average molecular weight is 246 g/mol. The van der Waals surface area contributed by atoms with Crippen molar-refractivity contribution in [1.82, 2.24) is 0 Å². The average Bonchev–Trinajstić information content (AvgIpc) is 2.57. The van der Waals surface area contributed by atoms with Gasteiger partial charge in [-0.2, -0.15) is 5.26 Å². The largest absolute Gasteiger partial charge is 0.466 e. The number of methoxy groups -OCH3 is 1. The van der Waals surface area contributed by atoms with E-state index in [1.807, 2.05) is 6.07 Å². The first-order chi connectivity index (χ1) is 8.43. The van der Waals surface area contributed by atoms with Crippen molar-refractivity contribution in [3.05, 3.63) is 34.8 Å². The molecule has 0 amide bonds. The molecule has 2 aliphatic rings. The smallest absolute Gasteiger partial charge is 0.338 e. The van der Waals surface area contributed by atoms with Gasteiger partial charge in [-0.15, -0.1) is 0 Å². The zero-order chi connectivity index (χ0) is 13.5. The lowest BCUT2D eigenvalue weighted by Gasteiger charge is -2.29. The molecule has 0 aromatic carbocycles. The number of carbonyl (C=O) groups excluding carboxylic acids is 2. The summed E-state index contributed by atoms with van der Waals surface area (Å²) in [7, 11) is 1.20. The predicted molar refractivity (Wildman–Crippen MR) is 59.5 cm³/mol. The number of nitrogens with two attached hydrogens (primary N) is 1. The van der Waals surface area contributed by atoms with E-state index in [1.165, 1.54) is 13.2 Å². The van der Waals surface area contributed by atoms with Crippen LogP contribution >= 0.6 is 0 Å². The minimum Gasteiger partial charge on any atom is -0.466 e. The highest BCUT2D eigenvalue weighted by Crippen LogP contribution is 2.44. The molecule has 6 nitrogen and oxygen atoms in total. The Morgan fingerprint density at radius 3 is 2.78 bits per heavy atom. The van der Waals surface area contributed by atoms with Crippen molar-refractivity contribution in [2.24, 2.45) is 5.73 Å². The molecule has 1 atom stereocenters. The van der Waals surface area contributed by atoms with E-state index in [1.54, 1.807) is 6.92 Å². The SMILES string of the molecule is COC(=O)C1=CC(=O)C=C2C(C#N)=C(N)OC12C. The first kappa shape index (κ1) is 11.9. The van der Waals surface area contributed by atoms with Crippen LogP contribution in [0.5, 0.6) is 0 Å². The molecule has 0 spiro atoms. The third kappa shape index (κ3) is 1.41. The van der Waals surface area contributed by atoms with Crippen LogP contribution in [-0.2, 0) is 19.1 Å². The van der Waals surface area contributed by atoms with Gasteiger partial charge in [-0.3, -0.25) is 4.79 Å². The topological polar surface area (TPSA) is 102 Å². The Morgan fingerprint density at radius 1 is 1.56 bits per heavy atom. The van der Waals surface area contributed by atoms with Gasteiger partial charge in [0.2, 0.25) is 5.88 Å². The summed E-state index contributed by atoms with van der Waals surface area (Å²) in [5.74, 6) is -1.20. The highest BCUT2D eigenvalue weighted by Gasteiger charge is 2.49. The zero-order valence-corrected chi connectivity index (χ0v) is 9.81. The fourth-order valence-electron chi connectivity index (χ4n) is 2.05. The monoisotopic (exact) mass is 246 g/mol. The van der Waals surface area contributed by atoms with Gasteiger partial charge in [0.15, 0.2) is 11.4 Å². The van der Waals surface area contributed by atoms with E-state index in [0.29, 0.717) is 0 Å². The van der Waals surface area contributed by atoms with Gasteiger partial charge in [0.05, 0.1) is 12.7 Å². The summed E-state index contributed by atoms with van der Waals surface area (Å²) >= 11 is 0. The molecule has 6 heteroatoms. The second-order valence-corrected chi connectivity index (χ2v) is 4.00. The van der Waals surface area contributed by atoms with Gasteiger partial charge in [0.1, 0.15) is 11.6 Å². The molecule has 0 radical (unpaired) electrons. The molecule has 0 saturated heterocycles. The first-order valence-electron chi connectivity index (χ1n) is 5.10. The fraction of sp³-hybridized carbons (Fsp3) is 0.250. The van der Waals surface area contributed by atoms with Gasteiger partial charge < -0.3 is 15.2 Å². The molecule has 1 unspecified atom stereocenters. The number of nitrogens with zero attached hydrogens (tertiary/aromatic N) is 1. The lowest BCUT2D eigenvalue weighted by Crippen LogP contribution is -2.37. The summed E-state index contributed by atoms with van der Waals surface area (Å²) in [5.41, 5.74) is 4.73. The second kappa shape index (κ2) is 3.74. The number of ketones is 1. The van der Waals surface area contributed by atoms with E-state index in [0.717, 1.165) is 6.08 Å². The highest BCUT2D eigenvalue weighted by molar-refractivity contribution is 6.10. The Morgan fingerprint density at radius 2 is 2.22 bits per heavy atom. The van der Waals surface area contributed by atoms with Crippen molar-refractivity contribution in [2.45, 2.75) is 12.5 Å². The lowest BCUT2D eigenvalue weighted by atomic mass is 9.80. The summed E-state index contributed by atoms with van der Waals surface area (Å²) in [6.45, 7) is 1.56. The van der Waals surface area contributed by atoms with Gasteiger partial charge in [-0.05, 0) is 13.0 Å². The number of esters is 1. The lowest BCUT2D eigenvalue weighted by molar-refractivity contribution is -0.138. The maximum absolute atomic E-state index is 11.7. The van der Waals surface area contributed by atoms with Crippen LogP contribution in [0.4, 0.5) is 0 Å². The van der Waals surface area contributed by atoms with Crippen molar-refractivity contribution in [2.75, 3.05) is 7.11 Å². The van der Waals surface area contributed by atoms with Gasteiger partial charge in [-0.1, -0.05) is 0 Å². The molecular weight excluding hydrogens is 236 g/mol. The quantitative estimate of drug-likeness (QED) is 0.657. The number of rotatable bonds is 1. The Labute approximate surface area is 103 Å².